The maximum Gasteiger partial charge on any atom is 0.271 e. The molecule has 12 nitrogen and oxygen atoms in total. The number of nitrogens with zero attached hydrogens (tertiary/aromatic N) is 4. The van der Waals surface area contributed by atoms with Crippen molar-refractivity contribution in [3.63, 3.8) is 0 Å². The smallest absolute Gasteiger partial charge is 0.271 e. The first-order valence-electron chi connectivity index (χ1n) is 12.2. The number of nitro benzene ring substituents is 1. The molecule has 0 saturated heterocycles. The van der Waals surface area contributed by atoms with Gasteiger partial charge in [-0.2, -0.15) is 0 Å². The molecular weight excluding hydrogens is 538 g/mol. The second kappa shape index (κ2) is 10.5. The van der Waals surface area contributed by atoms with E-state index >= 15 is 0 Å². The van der Waals surface area contributed by atoms with Gasteiger partial charge in [-0.1, -0.05) is 0 Å². The van der Waals surface area contributed by atoms with E-state index in [1.54, 1.807) is 48.5 Å². The number of hydrogen-bond acceptors (Lipinski definition) is 9. The Hall–Kier alpha value is -4.62. The fourth-order valence-corrected chi connectivity index (χ4v) is 5.35. The Balaban J connectivity index is 1.62. The molecule has 1 aromatic heterocycles. The number of aromatic amines is 1. The predicted molar refractivity (Wildman–Crippen MR) is 152 cm³/mol. The van der Waals surface area contributed by atoms with Gasteiger partial charge >= 0.3 is 0 Å². The number of nitro groups is 1. The fourth-order valence-electron chi connectivity index (χ4n) is 4.43. The maximum atomic E-state index is 12.5. The van der Waals surface area contributed by atoms with Crippen LogP contribution < -0.4 is 13.8 Å². The van der Waals surface area contributed by atoms with Gasteiger partial charge in [-0.3, -0.25) is 14.4 Å². The number of sulfonamides is 1. The Kier molecular flexibility index (Phi) is 7.08. The lowest BCUT2D eigenvalue weighted by Crippen LogP contribution is -2.35. The quantitative estimate of drug-likeness (QED) is 0.176. The zero-order valence-electron chi connectivity index (χ0n) is 22.0. The van der Waals surface area contributed by atoms with Crippen molar-refractivity contribution in [1.29, 1.82) is 0 Å². The summed E-state index contributed by atoms with van der Waals surface area (Å²) in [5.41, 5.74) is 2.56. The third kappa shape index (κ3) is 5.42. The Morgan fingerprint density at radius 2 is 1.77 bits per heavy atom. The zero-order chi connectivity index (χ0) is 28.6. The molecule has 0 spiro atoms. The van der Waals surface area contributed by atoms with E-state index in [9.17, 15) is 23.6 Å². The minimum atomic E-state index is -3.51. The van der Waals surface area contributed by atoms with E-state index in [-0.39, 0.29) is 24.9 Å². The van der Waals surface area contributed by atoms with E-state index in [0.717, 1.165) is 6.26 Å². The van der Waals surface area contributed by atoms with Crippen LogP contribution in [0, 0.1) is 10.1 Å². The Morgan fingerprint density at radius 3 is 2.45 bits per heavy atom. The van der Waals surface area contributed by atoms with Crippen LogP contribution in [0.15, 0.2) is 65.7 Å². The van der Waals surface area contributed by atoms with Gasteiger partial charge in [0.15, 0.2) is 17.4 Å². The third-order valence-electron chi connectivity index (χ3n) is 6.39. The van der Waals surface area contributed by atoms with Gasteiger partial charge < -0.3 is 24.5 Å². The number of likely N-dealkylation sites (N-methyl/N-ethyl adjacent to an activating group) is 1. The van der Waals surface area contributed by atoms with Crippen LogP contribution in [-0.4, -0.2) is 74.3 Å². The van der Waals surface area contributed by atoms with Crippen molar-refractivity contribution in [1.82, 2.24) is 9.88 Å². The molecule has 0 fully saturated rings. The second-order valence-corrected chi connectivity index (χ2v) is 11.4. The summed E-state index contributed by atoms with van der Waals surface area (Å²) in [5.74, 6) is 0.875. The summed E-state index contributed by atoms with van der Waals surface area (Å²) in [4.78, 5) is 20.3. The van der Waals surface area contributed by atoms with Crippen LogP contribution in [0.4, 0.5) is 17.1 Å². The van der Waals surface area contributed by atoms with Gasteiger partial charge in [0, 0.05) is 36.2 Å². The van der Waals surface area contributed by atoms with Crippen LogP contribution in [0.2, 0.25) is 0 Å². The predicted octanol–water partition coefficient (Wildman–Crippen LogP) is 4.01. The molecule has 0 radical (unpaired) electrons. The molecule has 0 saturated carbocycles. The van der Waals surface area contributed by atoms with Gasteiger partial charge in [-0.05, 0) is 62.6 Å². The molecule has 13 heteroatoms. The number of H-pyrrole nitrogens is 1. The molecule has 0 bridgehead atoms. The van der Waals surface area contributed by atoms with Crippen molar-refractivity contribution >= 4 is 43.7 Å². The summed E-state index contributed by atoms with van der Waals surface area (Å²) in [5, 5.41) is 22.8. The van der Waals surface area contributed by atoms with Gasteiger partial charge in [0.05, 0.1) is 39.3 Å². The van der Waals surface area contributed by atoms with E-state index in [2.05, 4.69) is 4.98 Å². The van der Waals surface area contributed by atoms with Crippen molar-refractivity contribution in [3.05, 3.63) is 81.9 Å². The van der Waals surface area contributed by atoms with Crippen LogP contribution in [0.5, 0.6) is 17.4 Å². The van der Waals surface area contributed by atoms with Gasteiger partial charge in [0.2, 0.25) is 16.8 Å². The molecule has 4 aromatic rings. The number of fused-ring (bicyclic) bond motifs is 2. The van der Waals surface area contributed by atoms with E-state index in [0.29, 0.717) is 57.2 Å². The van der Waals surface area contributed by atoms with Crippen molar-refractivity contribution in [3.8, 4) is 17.4 Å². The molecule has 2 N–H and O–H groups in total. The molecular formula is C27H27N5O7S. The Morgan fingerprint density at radius 1 is 1.05 bits per heavy atom. The standard InChI is InChI=1S/C27H27N5O7S/c1-30(2)12-13-31(40(3,36)37)19-7-5-18(6-8-19)28-26(17-4-11-23-24(14-17)39-16-38-23)25-21-10-9-20(32(34)35)15-22(21)29-27(25)33/h4-11,14-15,29,33H,12-13,16H2,1-3H3. The van der Waals surface area contributed by atoms with Crippen LogP contribution in [0.1, 0.15) is 11.1 Å². The van der Waals surface area contributed by atoms with Gasteiger partial charge in [-0.25, -0.2) is 13.4 Å². The highest BCUT2D eigenvalue weighted by atomic mass is 32.2. The van der Waals surface area contributed by atoms with Gasteiger partial charge in [-0.15, -0.1) is 0 Å². The highest BCUT2D eigenvalue weighted by molar-refractivity contribution is 7.92. The molecule has 5 rings (SSSR count). The lowest BCUT2D eigenvalue weighted by molar-refractivity contribution is -0.384. The molecule has 3 aromatic carbocycles. The van der Waals surface area contributed by atoms with Crippen molar-refractivity contribution in [2.45, 2.75) is 0 Å². The van der Waals surface area contributed by atoms with E-state index < -0.39 is 14.9 Å². The van der Waals surface area contributed by atoms with Crippen molar-refractivity contribution in [2.24, 2.45) is 4.99 Å². The third-order valence-corrected chi connectivity index (χ3v) is 7.58. The van der Waals surface area contributed by atoms with Crippen LogP contribution >= 0.6 is 0 Å². The van der Waals surface area contributed by atoms with Gasteiger partial charge in [0.1, 0.15) is 0 Å². The highest BCUT2D eigenvalue weighted by Gasteiger charge is 2.23. The number of nitrogens with one attached hydrogen (secondary N) is 1. The number of aliphatic imine (C=N–C) groups is 1. The summed E-state index contributed by atoms with van der Waals surface area (Å²) < 4.78 is 37.2. The second-order valence-electron chi connectivity index (χ2n) is 9.52. The Labute approximate surface area is 230 Å². The summed E-state index contributed by atoms with van der Waals surface area (Å²) in [6.07, 6.45) is 1.16. The lowest BCUT2D eigenvalue weighted by atomic mass is 10.00. The highest BCUT2D eigenvalue weighted by Crippen LogP contribution is 2.37. The molecule has 208 valence electrons. The monoisotopic (exact) mass is 565 g/mol. The molecule has 0 atom stereocenters. The summed E-state index contributed by atoms with van der Waals surface area (Å²) in [6, 6.07) is 16.2. The SMILES string of the molecule is CN(C)CCN(c1ccc(N=C(c2ccc3c(c2)OCO3)c2c(O)[nH]c3cc([N+](=O)[O-])ccc23)cc1)S(C)(=O)=O. The average Bonchev–Trinajstić information content (AvgIpc) is 3.49. The molecule has 1 aliphatic rings. The van der Waals surface area contributed by atoms with Gasteiger partial charge in [0.25, 0.3) is 5.69 Å². The number of rotatable bonds is 9. The first kappa shape index (κ1) is 27.0. The van der Waals surface area contributed by atoms with E-state index in [1.165, 1.54) is 16.4 Å². The maximum absolute atomic E-state index is 12.5. The fraction of sp³-hybridized carbons (Fsp3) is 0.222. The Bertz CT molecular complexity index is 1730. The number of non-ortho nitro benzene ring substituents is 1. The number of ether oxygens (including phenoxy) is 2. The van der Waals surface area contributed by atoms with E-state index in [4.69, 9.17) is 14.5 Å². The molecule has 1 aliphatic heterocycles. The summed E-state index contributed by atoms with van der Waals surface area (Å²) >= 11 is 0. The number of aromatic nitrogens is 1. The lowest BCUT2D eigenvalue weighted by Gasteiger charge is -2.24. The number of hydrogen-bond donors (Lipinski definition) is 2. The normalized spacial score (nSPS) is 13.2. The van der Waals surface area contributed by atoms with Crippen LogP contribution in [0.25, 0.3) is 10.9 Å². The molecule has 2 heterocycles. The number of anilines is 1. The number of aromatic hydroxyl groups is 1. The zero-order valence-corrected chi connectivity index (χ0v) is 22.8. The summed E-state index contributed by atoms with van der Waals surface area (Å²) in [6.45, 7) is 0.908. The molecule has 0 unspecified atom stereocenters. The molecule has 0 amide bonds. The molecule has 0 aliphatic carbocycles. The first-order valence-corrected chi connectivity index (χ1v) is 14.1. The largest absolute Gasteiger partial charge is 0.494 e. The average molecular weight is 566 g/mol. The summed E-state index contributed by atoms with van der Waals surface area (Å²) in [7, 11) is 0.225. The van der Waals surface area contributed by atoms with Crippen molar-refractivity contribution in [2.75, 3.05) is 44.5 Å². The first-order chi connectivity index (χ1) is 19.0. The molecule has 40 heavy (non-hydrogen) atoms. The topological polar surface area (TPSA) is 151 Å². The van der Waals surface area contributed by atoms with Crippen molar-refractivity contribution < 1.29 is 27.9 Å². The van der Waals surface area contributed by atoms with Crippen LogP contribution in [-0.2, 0) is 10.0 Å². The minimum Gasteiger partial charge on any atom is -0.494 e. The van der Waals surface area contributed by atoms with Crippen LogP contribution in [0.3, 0.4) is 0 Å². The number of benzene rings is 3. The van der Waals surface area contributed by atoms with E-state index in [1.807, 2.05) is 19.0 Å². The minimum absolute atomic E-state index is 0.0827.